The van der Waals surface area contributed by atoms with Crippen LogP contribution in [0.2, 0.25) is 0 Å². The third-order valence-electron chi connectivity index (χ3n) is 4.24. The van der Waals surface area contributed by atoms with Gasteiger partial charge in [-0.3, -0.25) is 0 Å². The van der Waals surface area contributed by atoms with Gasteiger partial charge in [-0.05, 0) is 44.6 Å². The van der Waals surface area contributed by atoms with E-state index in [0.29, 0.717) is 6.04 Å². The van der Waals surface area contributed by atoms with Crippen LogP contribution in [0.15, 0.2) is 0 Å². The van der Waals surface area contributed by atoms with Crippen LogP contribution in [-0.4, -0.2) is 13.1 Å². The van der Waals surface area contributed by atoms with E-state index >= 15 is 0 Å². The van der Waals surface area contributed by atoms with Gasteiger partial charge in [0.05, 0.1) is 0 Å². The average molecular weight is 221 g/mol. The van der Waals surface area contributed by atoms with Gasteiger partial charge in [0, 0.05) is 12.5 Å². The second-order valence-corrected chi connectivity index (χ2v) is 5.18. The molecule has 0 radical (unpaired) electrons. The minimum atomic E-state index is 0.700. The van der Waals surface area contributed by atoms with Crippen molar-refractivity contribution < 1.29 is 0 Å². The predicted octanol–water partition coefficient (Wildman–Crippen LogP) is 3.59. The van der Waals surface area contributed by atoms with Gasteiger partial charge in [-0.2, -0.15) is 0 Å². The minimum Gasteiger partial charge on any atom is -0.317 e. The maximum Gasteiger partial charge on any atom is 0.00926 e. The molecule has 0 amide bonds. The number of terminal acetylenes is 1. The molecule has 1 N–H and O–H groups in total. The fourth-order valence-corrected chi connectivity index (χ4v) is 3.04. The molecule has 1 aliphatic rings. The molecule has 1 nitrogen and oxygen atoms in total. The van der Waals surface area contributed by atoms with E-state index in [4.69, 9.17) is 6.42 Å². The molecule has 16 heavy (non-hydrogen) atoms. The Bertz CT molecular complexity index is 208. The zero-order valence-electron chi connectivity index (χ0n) is 11.0. The molecule has 1 saturated carbocycles. The van der Waals surface area contributed by atoms with Gasteiger partial charge in [-0.1, -0.05) is 26.2 Å². The number of nitrogens with one attached hydrogen (secondary N) is 1. The van der Waals surface area contributed by atoms with Crippen molar-refractivity contribution in [2.75, 3.05) is 7.05 Å². The molecule has 92 valence electrons. The zero-order chi connectivity index (χ0) is 11.8. The molecule has 0 aromatic carbocycles. The van der Waals surface area contributed by atoms with Gasteiger partial charge >= 0.3 is 0 Å². The highest BCUT2D eigenvalue weighted by Gasteiger charge is 2.25. The second-order valence-electron chi connectivity index (χ2n) is 5.18. The summed E-state index contributed by atoms with van der Waals surface area (Å²) in [5.74, 6) is 4.63. The summed E-state index contributed by atoms with van der Waals surface area (Å²) in [6, 6.07) is 0.700. The molecule has 1 fully saturated rings. The van der Waals surface area contributed by atoms with Crippen molar-refractivity contribution >= 4 is 0 Å². The Kier molecular flexibility index (Phi) is 6.57. The third kappa shape index (κ3) is 4.18. The lowest BCUT2D eigenvalue weighted by molar-refractivity contribution is 0.215. The maximum atomic E-state index is 5.30. The molecule has 0 spiro atoms. The molecular formula is C15H27N. The van der Waals surface area contributed by atoms with Gasteiger partial charge in [0.15, 0.2) is 0 Å². The molecular weight excluding hydrogens is 194 g/mol. The highest BCUT2D eigenvalue weighted by atomic mass is 14.9. The van der Waals surface area contributed by atoms with Crippen LogP contribution in [0.5, 0.6) is 0 Å². The Balaban J connectivity index is 2.28. The van der Waals surface area contributed by atoms with E-state index in [1.807, 2.05) is 0 Å². The largest absolute Gasteiger partial charge is 0.317 e. The molecule has 0 bridgehead atoms. The smallest absolute Gasteiger partial charge is 0.00926 e. The first-order chi connectivity index (χ1) is 7.81. The van der Waals surface area contributed by atoms with Gasteiger partial charge in [0.2, 0.25) is 0 Å². The van der Waals surface area contributed by atoms with Crippen molar-refractivity contribution in [3.8, 4) is 12.3 Å². The van der Waals surface area contributed by atoms with Crippen LogP contribution in [0.25, 0.3) is 0 Å². The molecule has 1 atom stereocenters. The van der Waals surface area contributed by atoms with Crippen molar-refractivity contribution in [1.82, 2.24) is 5.32 Å². The maximum absolute atomic E-state index is 5.30. The lowest BCUT2D eigenvalue weighted by Gasteiger charge is -2.33. The first-order valence-electron chi connectivity index (χ1n) is 6.92. The van der Waals surface area contributed by atoms with E-state index < -0.39 is 0 Å². The van der Waals surface area contributed by atoms with Crippen molar-refractivity contribution in [3.05, 3.63) is 0 Å². The molecule has 0 heterocycles. The van der Waals surface area contributed by atoms with Crippen LogP contribution in [0.1, 0.15) is 58.3 Å². The highest BCUT2D eigenvalue weighted by molar-refractivity contribution is 4.86. The van der Waals surface area contributed by atoms with E-state index in [0.717, 1.165) is 18.3 Å². The van der Waals surface area contributed by atoms with Gasteiger partial charge in [0.1, 0.15) is 0 Å². The molecule has 0 aliphatic heterocycles. The van der Waals surface area contributed by atoms with E-state index in [-0.39, 0.29) is 0 Å². The Morgan fingerprint density at radius 2 is 2.00 bits per heavy atom. The number of unbranched alkanes of at least 4 members (excludes halogenated alkanes) is 1. The monoisotopic (exact) mass is 221 g/mol. The summed E-state index contributed by atoms with van der Waals surface area (Å²) in [7, 11) is 2.10. The lowest BCUT2D eigenvalue weighted by Crippen LogP contribution is -2.35. The molecule has 1 rings (SSSR count). The Labute approximate surface area is 101 Å². The van der Waals surface area contributed by atoms with E-state index in [1.54, 1.807) is 0 Å². The Hall–Kier alpha value is -0.480. The van der Waals surface area contributed by atoms with Crippen molar-refractivity contribution in [2.45, 2.75) is 64.3 Å². The standard InChI is InChI=1S/C15H27N/c1-4-6-7-8-15(16-3)14-11-9-13(5-2)10-12-14/h1,13-16H,5-12H2,2-3H3. The molecule has 1 unspecified atom stereocenters. The summed E-state index contributed by atoms with van der Waals surface area (Å²) in [4.78, 5) is 0. The number of hydrogen-bond donors (Lipinski definition) is 1. The fraction of sp³-hybridized carbons (Fsp3) is 0.867. The van der Waals surface area contributed by atoms with Crippen LogP contribution in [-0.2, 0) is 0 Å². The number of hydrogen-bond acceptors (Lipinski definition) is 1. The quantitative estimate of drug-likeness (QED) is 0.534. The summed E-state index contributed by atoms with van der Waals surface area (Å²) in [6.07, 6.45) is 15.7. The van der Waals surface area contributed by atoms with Crippen LogP contribution in [0, 0.1) is 24.2 Å². The van der Waals surface area contributed by atoms with Gasteiger partial charge in [-0.25, -0.2) is 0 Å². The summed E-state index contributed by atoms with van der Waals surface area (Å²) >= 11 is 0. The van der Waals surface area contributed by atoms with E-state index in [2.05, 4.69) is 25.2 Å². The van der Waals surface area contributed by atoms with Crippen molar-refractivity contribution in [3.63, 3.8) is 0 Å². The van der Waals surface area contributed by atoms with Crippen LogP contribution >= 0.6 is 0 Å². The average Bonchev–Trinajstić information content (AvgIpc) is 2.35. The van der Waals surface area contributed by atoms with E-state index in [1.165, 1.54) is 44.9 Å². The molecule has 0 aromatic rings. The van der Waals surface area contributed by atoms with Crippen molar-refractivity contribution in [1.29, 1.82) is 0 Å². The predicted molar refractivity (Wildman–Crippen MR) is 71.3 cm³/mol. The number of rotatable bonds is 6. The van der Waals surface area contributed by atoms with Gasteiger partial charge in [-0.15, -0.1) is 12.3 Å². The topological polar surface area (TPSA) is 12.0 Å². The summed E-state index contributed by atoms with van der Waals surface area (Å²) < 4.78 is 0. The third-order valence-corrected chi connectivity index (χ3v) is 4.24. The van der Waals surface area contributed by atoms with Gasteiger partial charge < -0.3 is 5.32 Å². The van der Waals surface area contributed by atoms with Crippen LogP contribution in [0.3, 0.4) is 0 Å². The summed E-state index contributed by atoms with van der Waals surface area (Å²) in [6.45, 7) is 2.33. The minimum absolute atomic E-state index is 0.700. The SMILES string of the molecule is C#CCCCC(NC)C1CCC(CC)CC1. The zero-order valence-corrected chi connectivity index (χ0v) is 11.0. The molecule has 1 aliphatic carbocycles. The lowest BCUT2D eigenvalue weighted by atomic mass is 9.76. The Morgan fingerprint density at radius 1 is 1.31 bits per heavy atom. The molecule has 0 aromatic heterocycles. The first-order valence-corrected chi connectivity index (χ1v) is 6.92. The normalized spacial score (nSPS) is 27.3. The first kappa shape index (κ1) is 13.6. The summed E-state index contributed by atoms with van der Waals surface area (Å²) in [5, 5.41) is 3.49. The summed E-state index contributed by atoms with van der Waals surface area (Å²) in [5.41, 5.74) is 0. The fourth-order valence-electron chi connectivity index (χ4n) is 3.04. The van der Waals surface area contributed by atoms with Crippen LogP contribution < -0.4 is 5.32 Å². The van der Waals surface area contributed by atoms with Gasteiger partial charge in [0.25, 0.3) is 0 Å². The molecule has 1 heteroatoms. The molecule has 0 saturated heterocycles. The van der Waals surface area contributed by atoms with Crippen molar-refractivity contribution in [2.24, 2.45) is 11.8 Å². The van der Waals surface area contributed by atoms with E-state index in [9.17, 15) is 0 Å². The highest BCUT2D eigenvalue weighted by Crippen LogP contribution is 2.33. The Morgan fingerprint density at radius 3 is 2.50 bits per heavy atom. The van der Waals surface area contributed by atoms with Crippen LogP contribution in [0.4, 0.5) is 0 Å². The second kappa shape index (κ2) is 7.74.